The maximum Gasteiger partial charge on any atom is 2.00 e. The topological polar surface area (TPSA) is 124 Å². The predicted octanol–water partition coefficient (Wildman–Crippen LogP) is 3.28. The molecule has 0 aliphatic heterocycles. The fraction of sp³-hybridized carbons (Fsp3) is 0.280. The van der Waals surface area contributed by atoms with Crippen LogP contribution in [0.1, 0.15) is 57.5 Å². The fourth-order valence-corrected chi connectivity index (χ4v) is 3.60. The second-order valence-electron chi connectivity index (χ2n) is 9.64. The van der Waals surface area contributed by atoms with Crippen LogP contribution in [0.15, 0.2) is 42.7 Å². The number of pyridine rings is 2. The van der Waals surface area contributed by atoms with Crippen molar-refractivity contribution in [3.05, 3.63) is 78.3 Å². The van der Waals surface area contributed by atoms with Crippen LogP contribution >= 0.6 is 0 Å². The van der Waals surface area contributed by atoms with E-state index in [4.69, 9.17) is 9.97 Å². The molecule has 0 radical (unpaired) electrons. The van der Waals surface area contributed by atoms with Crippen LogP contribution in [-0.2, 0) is 31.9 Å². The first kappa shape index (κ1) is 25.3. The van der Waals surface area contributed by atoms with E-state index in [0.717, 1.165) is 11.4 Å². The van der Waals surface area contributed by atoms with Crippen molar-refractivity contribution in [3.63, 3.8) is 0 Å². The number of nitrogens with zero attached hydrogens (tertiary/aromatic N) is 10. The second kappa shape index (κ2) is 9.32. The summed E-state index contributed by atoms with van der Waals surface area (Å²) in [4.78, 5) is 26.5. The molecule has 0 spiro atoms. The summed E-state index contributed by atoms with van der Waals surface area (Å²) in [7, 11) is 0. The summed E-state index contributed by atoms with van der Waals surface area (Å²) < 4.78 is 3.20. The van der Waals surface area contributed by atoms with Crippen LogP contribution in [0.4, 0.5) is 0 Å². The van der Waals surface area contributed by atoms with Crippen molar-refractivity contribution >= 4 is 11.2 Å². The normalized spacial score (nSPS) is 11.8. The molecule has 5 aromatic rings. The van der Waals surface area contributed by atoms with Gasteiger partial charge in [0.15, 0.2) is 0 Å². The summed E-state index contributed by atoms with van der Waals surface area (Å²) in [5.41, 5.74) is 1.93. The largest absolute Gasteiger partial charge is 2.00 e. The van der Waals surface area contributed by atoms with Crippen LogP contribution < -0.4 is 0 Å². The van der Waals surface area contributed by atoms with Gasteiger partial charge in [0, 0.05) is 40.6 Å². The van der Waals surface area contributed by atoms with Gasteiger partial charge in [-0.2, -0.15) is 5.26 Å². The van der Waals surface area contributed by atoms with Gasteiger partial charge in [-0.25, -0.2) is 10.1 Å². The zero-order valence-electron chi connectivity index (χ0n) is 20.3. The Bertz CT molecular complexity index is 1590. The van der Waals surface area contributed by atoms with E-state index >= 15 is 0 Å². The minimum absolute atomic E-state index is 0. The van der Waals surface area contributed by atoms with Gasteiger partial charge in [-0.1, -0.05) is 45.0 Å². The maximum atomic E-state index is 9.30. The van der Waals surface area contributed by atoms with Crippen molar-refractivity contribution < 1.29 is 21.1 Å². The van der Waals surface area contributed by atoms with E-state index in [1.165, 1.54) is 6.33 Å². The fourth-order valence-electron chi connectivity index (χ4n) is 3.60. The van der Waals surface area contributed by atoms with Crippen molar-refractivity contribution in [2.75, 3.05) is 0 Å². The minimum Gasteiger partial charge on any atom is -0.396 e. The molecule has 0 saturated heterocycles. The van der Waals surface area contributed by atoms with Crippen LogP contribution in [0.25, 0.3) is 22.8 Å². The molecule has 0 aromatic carbocycles. The zero-order chi connectivity index (χ0) is 24.8. The average Bonchev–Trinajstić information content (AvgIpc) is 3.52. The van der Waals surface area contributed by atoms with E-state index in [2.05, 4.69) is 72.3 Å². The summed E-state index contributed by atoms with van der Waals surface area (Å²) in [6.45, 7) is 10.3. The molecule has 0 saturated carbocycles. The number of aromatic nitrogens is 9. The molecule has 36 heavy (non-hydrogen) atoms. The molecule has 5 rings (SSSR count). The maximum absolute atomic E-state index is 9.30. The Hall–Kier alpha value is -3.83. The van der Waals surface area contributed by atoms with Crippen LogP contribution in [0, 0.1) is 24.0 Å². The number of fused-ring (bicyclic) bond motifs is 1. The molecule has 10 nitrogen and oxygen atoms in total. The predicted molar refractivity (Wildman–Crippen MR) is 127 cm³/mol. The van der Waals surface area contributed by atoms with Crippen molar-refractivity contribution in [2.24, 2.45) is 0 Å². The van der Waals surface area contributed by atoms with Gasteiger partial charge >= 0.3 is 21.1 Å². The van der Waals surface area contributed by atoms with Crippen molar-refractivity contribution in [1.82, 2.24) is 44.3 Å². The average molecular weight is 658 g/mol. The SMILES string of the molecule is CC(C)(C)c1n[c-]n(-c2cccc(C(C)(C)c3cccc(-n4[c-]nc5c(C#N)ncnc54)n3)n2)n1.[Pt+2]. The molecule has 5 aromatic heterocycles. The summed E-state index contributed by atoms with van der Waals surface area (Å²) in [5, 5.41) is 13.9. The van der Waals surface area contributed by atoms with E-state index in [0.29, 0.717) is 28.6 Å². The van der Waals surface area contributed by atoms with Crippen molar-refractivity contribution in [1.29, 1.82) is 5.26 Å². The summed E-state index contributed by atoms with van der Waals surface area (Å²) >= 11 is 0. The van der Waals surface area contributed by atoms with E-state index in [-0.39, 0.29) is 32.2 Å². The van der Waals surface area contributed by atoms with Crippen LogP contribution in [0.2, 0.25) is 0 Å². The number of rotatable bonds is 4. The third kappa shape index (κ3) is 4.42. The van der Waals surface area contributed by atoms with Gasteiger partial charge < -0.3 is 19.2 Å². The van der Waals surface area contributed by atoms with E-state index in [1.807, 2.05) is 42.5 Å². The summed E-state index contributed by atoms with van der Waals surface area (Å²) in [5.74, 6) is 1.91. The third-order valence-corrected chi connectivity index (χ3v) is 5.69. The molecule has 0 N–H and O–H groups in total. The number of imidazole rings is 1. The number of nitriles is 1. The standard InChI is InChI=1S/C25H22N10.Pt/c1-24(2,3)23-30-15-35(33-23)20-11-7-9-18(32-20)25(4,5)17-8-6-10-19(31-17)34-14-29-21-16(12-26)27-13-28-22(21)34;/h6-11,13H,1-5H3;/q-2;+2. The van der Waals surface area contributed by atoms with Crippen LogP contribution in [0.5, 0.6) is 0 Å². The van der Waals surface area contributed by atoms with Gasteiger partial charge in [0.1, 0.15) is 18.1 Å². The summed E-state index contributed by atoms with van der Waals surface area (Å²) in [6, 6.07) is 13.5. The first-order valence-corrected chi connectivity index (χ1v) is 11.0. The van der Waals surface area contributed by atoms with Gasteiger partial charge in [0.25, 0.3) is 0 Å². The second-order valence-corrected chi connectivity index (χ2v) is 9.64. The molecule has 0 aliphatic carbocycles. The van der Waals surface area contributed by atoms with Crippen molar-refractivity contribution in [2.45, 2.75) is 45.4 Å². The molecule has 11 heteroatoms. The van der Waals surface area contributed by atoms with Gasteiger partial charge in [0.05, 0.1) is 17.5 Å². The Morgan fingerprint density at radius 2 is 1.53 bits per heavy atom. The van der Waals surface area contributed by atoms with Gasteiger partial charge in [-0.15, -0.1) is 0 Å². The Balaban J connectivity index is 0.00000304. The van der Waals surface area contributed by atoms with Gasteiger partial charge in [-0.3, -0.25) is 15.0 Å². The van der Waals surface area contributed by atoms with E-state index < -0.39 is 5.41 Å². The third-order valence-electron chi connectivity index (χ3n) is 5.69. The molecular formula is C25H22N10Pt. The molecule has 0 unspecified atom stereocenters. The number of hydrogen-bond acceptors (Lipinski definition) is 8. The Morgan fingerprint density at radius 1 is 0.861 bits per heavy atom. The smallest absolute Gasteiger partial charge is 0.396 e. The number of hydrogen-bond donors (Lipinski definition) is 0. The molecule has 0 amide bonds. The monoisotopic (exact) mass is 657 g/mol. The molecule has 0 bridgehead atoms. The van der Waals surface area contributed by atoms with E-state index in [9.17, 15) is 5.26 Å². The van der Waals surface area contributed by atoms with Crippen molar-refractivity contribution in [3.8, 4) is 17.7 Å². The molecule has 0 atom stereocenters. The molecule has 0 fully saturated rings. The minimum atomic E-state index is -0.539. The van der Waals surface area contributed by atoms with Crippen LogP contribution in [0.3, 0.4) is 0 Å². The molecule has 182 valence electrons. The van der Waals surface area contributed by atoms with Gasteiger partial charge in [0.2, 0.25) is 0 Å². The van der Waals surface area contributed by atoms with Gasteiger partial charge in [-0.05, 0) is 31.4 Å². The molecule has 5 heterocycles. The molecular weight excluding hydrogens is 635 g/mol. The Kier molecular flexibility index (Phi) is 6.54. The Morgan fingerprint density at radius 3 is 2.17 bits per heavy atom. The quantitative estimate of drug-likeness (QED) is 0.270. The first-order chi connectivity index (χ1) is 16.7. The zero-order valence-corrected chi connectivity index (χ0v) is 22.6. The Labute approximate surface area is 222 Å². The first-order valence-electron chi connectivity index (χ1n) is 11.0. The van der Waals surface area contributed by atoms with E-state index in [1.54, 1.807) is 9.25 Å². The molecule has 0 aliphatic rings. The van der Waals surface area contributed by atoms with Crippen LogP contribution in [-0.4, -0.2) is 44.3 Å². The summed E-state index contributed by atoms with van der Waals surface area (Å²) in [6.07, 6.45) is 7.15.